The highest BCUT2D eigenvalue weighted by Crippen LogP contribution is 2.27. The van der Waals surface area contributed by atoms with Gasteiger partial charge in [-0.3, -0.25) is 0 Å². The Morgan fingerprint density at radius 1 is 1.22 bits per heavy atom. The second-order valence-electron chi connectivity index (χ2n) is 5.62. The van der Waals surface area contributed by atoms with E-state index in [1.807, 2.05) is 10.9 Å². The molecule has 0 radical (unpaired) electrons. The zero-order chi connectivity index (χ0) is 12.4. The van der Waals surface area contributed by atoms with Crippen LogP contribution in [0.15, 0.2) is 6.20 Å². The Kier molecular flexibility index (Phi) is 3.61. The van der Waals surface area contributed by atoms with Crippen LogP contribution in [0.3, 0.4) is 0 Å². The van der Waals surface area contributed by atoms with E-state index in [2.05, 4.69) is 15.6 Å². The predicted molar refractivity (Wildman–Crippen MR) is 68.0 cm³/mol. The van der Waals surface area contributed by atoms with Crippen LogP contribution in [0.4, 0.5) is 0 Å². The molecule has 18 heavy (non-hydrogen) atoms. The Bertz CT molecular complexity index is 388. The van der Waals surface area contributed by atoms with Gasteiger partial charge >= 0.3 is 0 Å². The molecule has 5 heteroatoms. The number of nitrogens with one attached hydrogen (secondary N) is 1. The molecule has 1 aromatic rings. The van der Waals surface area contributed by atoms with Crippen molar-refractivity contribution < 1.29 is 5.11 Å². The molecule has 0 bridgehead atoms. The third-order valence-electron chi connectivity index (χ3n) is 3.99. The van der Waals surface area contributed by atoms with Crippen LogP contribution in [0.5, 0.6) is 0 Å². The molecule has 5 nitrogen and oxygen atoms in total. The summed E-state index contributed by atoms with van der Waals surface area (Å²) in [7, 11) is 0. The van der Waals surface area contributed by atoms with Crippen molar-refractivity contribution in [3.05, 3.63) is 11.9 Å². The number of nitrogens with zero attached hydrogens (tertiary/aromatic N) is 3. The first-order valence-electron chi connectivity index (χ1n) is 7.15. The minimum absolute atomic E-state index is 0.120. The Morgan fingerprint density at radius 3 is 2.89 bits per heavy atom. The molecular formula is C13H22N4O. The third kappa shape index (κ3) is 2.90. The largest absolute Gasteiger partial charge is 0.391 e. The summed E-state index contributed by atoms with van der Waals surface area (Å²) in [5.74, 6) is 0. The highest BCUT2D eigenvalue weighted by atomic mass is 16.3. The SMILES string of the molecule is OC1CCCCCC1n1cc(CNC2CC2)nn1. The van der Waals surface area contributed by atoms with E-state index in [4.69, 9.17) is 0 Å². The van der Waals surface area contributed by atoms with Gasteiger partial charge in [0, 0.05) is 12.6 Å². The molecule has 1 aromatic heterocycles. The molecule has 0 aliphatic heterocycles. The van der Waals surface area contributed by atoms with Gasteiger partial charge in [-0.25, -0.2) is 4.68 Å². The van der Waals surface area contributed by atoms with Gasteiger partial charge < -0.3 is 10.4 Å². The van der Waals surface area contributed by atoms with Gasteiger partial charge in [0.1, 0.15) is 0 Å². The summed E-state index contributed by atoms with van der Waals surface area (Å²) in [6.07, 6.45) is 9.73. The smallest absolute Gasteiger partial charge is 0.0965 e. The fraction of sp³-hybridized carbons (Fsp3) is 0.846. The fourth-order valence-corrected chi connectivity index (χ4v) is 2.67. The summed E-state index contributed by atoms with van der Waals surface area (Å²) in [5, 5.41) is 22.0. The summed E-state index contributed by atoms with van der Waals surface area (Å²) in [4.78, 5) is 0. The van der Waals surface area contributed by atoms with Crippen LogP contribution < -0.4 is 5.32 Å². The molecule has 2 unspecified atom stereocenters. The number of aliphatic hydroxyl groups excluding tert-OH is 1. The van der Waals surface area contributed by atoms with Crippen molar-refractivity contribution >= 4 is 0 Å². The second-order valence-corrected chi connectivity index (χ2v) is 5.62. The van der Waals surface area contributed by atoms with Gasteiger partial charge in [-0.15, -0.1) is 5.10 Å². The minimum Gasteiger partial charge on any atom is -0.391 e. The number of aromatic nitrogens is 3. The summed E-state index contributed by atoms with van der Waals surface area (Å²) in [5.41, 5.74) is 0.985. The first-order valence-corrected chi connectivity index (χ1v) is 7.15. The average molecular weight is 250 g/mol. The van der Waals surface area contributed by atoms with Crippen molar-refractivity contribution in [3.63, 3.8) is 0 Å². The van der Waals surface area contributed by atoms with Gasteiger partial charge in [-0.05, 0) is 25.7 Å². The van der Waals surface area contributed by atoms with E-state index in [-0.39, 0.29) is 12.1 Å². The van der Waals surface area contributed by atoms with Crippen LogP contribution in [0.2, 0.25) is 0 Å². The molecule has 2 atom stereocenters. The lowest BCUT2D eigenvalue weighted by Gasteiger charge is -2.19. The van der Waals surface area contributed by atoms with Crippen molar-refractivity contribution in [1.82, 2.24) is 20.3 Å². The lowest BCUT2D eigenvalue weighted by molar-refractivity contribution is 0.0980. The van der Waals surface area contributed by atoms with Gasteiger partial charge in [0.25, 0.3) is 0 Å². The highest BCUT2D eigenvalue weighted by Gasteiger charge is 2.25. The molecule has 2 aliphatic carbocycles. The van der Waals surface area contributed by atoms with Crippen molar-refractivity contribution in [1.29, 1.82) is 0 Å². The highest BCUT2D eigenvalue weighted by molar-refractivity contribution is 4.96. The predicted octanol–water partition coefficient (Wildman–Crippen LogP) is 1.40. The van der Waals surface area contributed by atoms with E-state index in [0.29, 0.717) is 6.04 Å². The molecule has 2 saturated carbocycles. The fourth-order valence-electron chi connectivity index (χ4n) is 2.67. The average Bonchev–Trinajstić information content (AvgIpc) is 3.13. The molecule has 0 saturated heterocycles. The van der Waals surface area contributed by atoms with Crippen molar-refractivity contribution in [2.45, 2.75) is 69.7 Å². The maximum Gasteiger partial charge on any atom is 0.0965 e. The van der Waals surface area contributed by atoms with E-state index in [0.717, 1.165) is 31.5 Å². The van der Waals surface area contributed by atoms with E-state index < -0.39 is 0 Å². The lowest BCUT2D eigenvalue weighted by atomic mass is 10.1. The van der Waals surface area contributed by atoms with E-state index in [1.54, 1.807) is 0 Å². The van der Waals surface area contributed by atoms with Gasteiger partial charge in [-0.1, -0.05) is 24.5 Å². The molecule has 2 N–H and O–H groups in total. The van der Waals surface area contributed by atoms with Crippen molar-refractivity contribution in [2.75, 3.05) is 0 Å². The summed E-state index contributed by atoms with van der Waals surface area (Å²) < 4.78 is 1.87. The Balaban J connectivity index is 1.62. The van der Waals surface area contributed by atoms with Crippen molar-refractivity contribution in [2.24, 2.45) is 0 Å². The monoisotopic (exact) mass is 250 g/mol. The summed E-state index contributed by atoms with van der Waals surface area (Å²) in [6.45, 7) is 0.799. The third-order valence-corrected chi connectivity index (χ3v) is 3.99. The summed E-state index contributed by atoms with van der Waals surface area (Å²) in [6, 6.07) is 0.813. The Morgan fingerprint density at radius 2 is 2.06 bits per heavy atom. The van der Waals surface area contributed by atoms with Gasteiger partial charge in [0.2, 0.25) is 0 Å². The molecule has 1 heterocycles. The van der Waals surface area contributed by atoms with Crippen LogP contribution in [0.25, 0.3) is 0 Å². The van der Waals surface area contributed by atoms with Crippen LogP contribution in [-0.4, -0.2) is 32.2 Å². The molecular weight excluding hydrogens is 228 g/mol. The Hall–Kier alpha value is -0.940. The standard InChI is InChI=1S/C13H22N4O/c18-13-5-3-1-2-4-12(13)17-9-11(15-16-17)8-14-10-6-7-10/h9-10,12-14,18H,1-8H2. The molecule has 2 aliphatic rings. The van der Waals surface area contributed by atoms with Crippen LogP contribution in [0.1, 0.15) is 56.7 Å². The quantitative estimate of drug-likeness (QED) is 0.793. The first-order chi connectivity index (χ1) is 8.83. The molecule has 100 valence electrons. The molecule has 3 rings (SSSR count). The van der Waals surface area contributed by atoms with Crippen LogP contribution >= 0.6 is 0 Å². The van der Waals surface area contributed by atoms with Crippen molar-refractivity contribution in [3.8, 4) is 0 Å². The Labute approximate surface area is 108 Å². The lowest BCUT2D eigenvalue weighted by Crippen LogP contribution is -2.23. The van der Waals surface area contributed by atoms with Gasteiger partial charge in [0.05, 0.1) is 24.0 Å². The van der Waals surface area contributed by atoms with E-state index in [9.17, 15) is 5.11 Å². The normalized spacial score (nSPS) is 29.2. The number of hydrogen-bond donors (Lipinski definition) is 2. The molecule has 0 spiro atoms. The molecule has 2 fully saturated rings. The maximum absolute atomic E-state index is 10.1. The van der Waals surface area contributed by atoms with Gasteiger partial charge in [-0.2, -0.15) is 0 Å². The van der Waals surface area contributed by atoms with Crippen LogP contribution in [0, 0.1) is 0 Å². The van der Waals surface area contributed by atoms with Gasteiger partial charge in [0.15, 0.2) is 0 Å². The zero-order valence-electron chi connectivity index (χ0n) is 10.8. The van der Waals surface area contributed by atoms with Crippen LogP contribution in [-0.2, 0) is 6.54 Å². The minimum atomic E-state index is -0.265. The summed E-state index contributed by atoms with van der Waals surface area (Å²) >= 11 is 0. The molecule has 0 amide bonds. The maximum atomic E-state index is 10.1. The number of rotatable bonds is 4. The number of hydrogen-bond acceptors (Lipinski definition) is 4. The molecule has 0 aromatic carbocycles. The number of aliphatic hydroxyl groups is 1. The van der Waals surface area contributed by atoms with E-state index >= 15 is 0 Å². The second kappa shape index (κ2) is 5.36. The van der Waals surface area contributed by atoms with E-state index in [1.165, 1.54) is 25.7 Å². The first kappa shape index (κ1) is 12.1. The topological polar surface area (TPSA) is 63.0 Å². The zero-order valence-corrected chi connectivity index (χ0v) is 10.8.